The number of ether oxygens (including phenoxy) is 1. The Morgan fingerprint density at radius 2 is 2.19 bits per heavy atom. The Labute approximate surface area is 126 Å². The molecule has 1 amide bonds. The molecule has 6 nitrogen and oxygen atoms in total. The standard InChI is InChI=1S/C14H16N4O2S/c1-10-13(21-9-17-10)14(19)18-6-3-11(4-7-18)20-12-2-5-15-8-16-12/h2,5,8-9,11H,3-4,6-7H2,1H3. The number of rotatable bonds is 3. The van der Waals surface area contributed by atoms with E-state index in [9.17, 15) is 4.79 Å². The summed E-state index contributed by atoms with van der Waals surface area (Å²) in [4.78, 5) is 27.1. The van der Waals surface area contributed by atoms with Gasteiger partial charge in [-0.1, -0.05) is 0 Å². The molecule has 1 saturated heterocycles. The molecule has 1 fully saturated rings. The molecule has 0 N–H and O–H groups in total. The van der Waals surface area contributed by atoms with Crippen LogP contribution in [0.25, 0.3) is 0 Å². The lowest BCUT2D eigenvalue weighted by atomic mass is 10.1. The molecule has 2 aromatic heterocycles. The van der Waals surface area contributed by atoms with Gasteiger partial charge in [-0.2, -0.15) is 0 Å². The van der Waals surface area contributed by atoms with Crippen LogP contribution in [0.3, 0.4) is 0 Å². The third-order valence-electron chi connectivity index (χ3n) is 3.51. The molecule has 0 atom stereocenters. The molecule has 1 aliphatic heterocycles. The molecule has 0 saturated carbocycles. The second-order valence-corrected chi connectivity index (χ2v) is 5.78. The van der Waals surface area contributed by atoms with Crippen LogP contribution in [0.5, 0.6) is 5.88 Å². The van der Waals surface area contributed by atoms with Crippen LogP contribution in [0.1, 0.15) is 28.2 Å². The van der Waals surface area contributed by atoms with E-state index in [1.807, 2.05) is 11.8 Å². The SMILES string of the molecule is Cc1ncsc1C(=O)N1CCC(Oc2ccncn2)CC1. The highest BCUT2D eigenvalue weighted by atomic mass is 32.1. The van der Waals surface area contributed by atoms with E-state index in [4.69, 9.17) is 4.74 Å². The summed E-state index contributed by atoms with van der Waals surface area (Å²) in [5.41, 5.74) is 2.53. The van der Waals surface area contributed by atoms with Crippen LogP contribution in [-0.2, 0) is 0 Å². The predicted molar refractivity (Wildman–Crippen MR) is 78.4 cm³/mol. The lowest BCUT2D eigenvalue weighted by molar-refractivity contribution is 0.0591. The fraction of sp³-hybridized carbons (Fsp3) is 0.429. The lowest BCUT2D eigenvalue weighted by Gasteiger charge is -2.31. The summed E-state index contributed by atoms with van der Waals surface area (Å²) in [7, 11) is 0. The van der Waals surface area contributed by atoms with E-state index in [1.54, 1.807) is 17.8 Å². The van der Waals surface area contributed by atoms with Crippen LogP contribution < -0.4 is 4.74 Å². The minimum atomic E-state index is 0.0792. The van der Waals surface area contributed by atoms with Gasteiger partial charge in [0.1, 0.15) is 17.3 Å². The molecular formula is C14H16N4O2S. The number of aryl methyl sites for hydroxylation is 1. The van der Waals surface area contributed by atoms with E-state index in [0.717, 1.165) is 23.4 Å². The molecule has 1 aliphatic rings. The summed E-state index contributed by atoms with van der Waals surface area (Å²) in [5, 5.41) is 0. The van der Waals surface area contributed by atoms with Gasteiger partial charge in [0.2, 0.25) is 5.88 Å². The van der Waals surface area contributed by atoms with E-state index in [-0.39, 0.29) is 12.0 Å². The number of hydrogen-bond donors (Lipinski definition) is 0. The van der Waals surface area contributed by atoms with Crippen molar-refractivity contribution in [2.24, 2.45) is 0 Å². The summed E-state index contributed by atoms with van der Waals surface area (Å²) in [6.07, 6.45) is 4.86. The Morgan fingerprint density at radius 3 is 2.81 bits per heavy atom. The number of hydrogen-bond acceptors (Lipinski definition) is 6. The maximum absolute atomic E-state index is 12.4. The van der Waals surface area contributed by atoms with Gasteiger partial charge in [0.15, 0.2) is 0 Å². The Morgan fingerprint density at radius 1 is 1.38 bits per heavy atom. The molecule has 110 valence electrons. The first-order valence-corrected chi connectivity index (χ1v) is 7.74. The molecule has 0 radical (unpaired) electrons. The molecule has 0 aliphatic carbocycles. The number of aromatic nitrogens is 3. The largest absolute Gasteiger partial charge is 0.474 e. The zero-order chi connectivity index (χ0) is 14.7. The Bertz CT molecular complexity index is 608. The smallest absolute Gasteiger partial charge is 0.265 e. The number of nitrogens with zero attached hydrogens (tertiary/aromatic N) is 4. The van der Waals surface area contributed by atoms with Gasteiger partial charge in [0.05, 0.1) is 11.2 Å². The van der Waals surface area contributed by atoms with Gasteiger partial charge in [0, 0.05) is 38.2 Å². The van der Waals surface area contributed by atoms with Gasteiger partial charge in [-0.15, -0.1) is 11.3 Å². The van der Waals surface area contributed by atoms with Crippen LogP contribution in [0, 0.1) is 6.92 Å². The predicted octanol–water partition coefficient (Wildman–Crippen LogP) is 1.93. The van der Waals surface area contributed by atoms with E-state index in [1.165, 1.54) is 17.7 Å². The minimum absolute atomic E-state index is 0.0792. The second-order valence-electron chi connectivity index (χ2n) is 4.92. The van der Waals surface area contributed by atoms with E-state index < -0.39 is 0 Å². The molecule has 21 heavy (non-hydrogen) atoms. The first kappa shape index (κ1) is 13.9. The van der Waals surface area contributed by atoms with Gasteiger partial charge in [-0.05, 0) is 6.92 Å². The monoisotopic (exact) mass is 304 g/mol. The summed E-state index contributed by atoms with van der Waals surface area (Å²) in [6, 6.07) is 1.75. The van der Waals surface area contributed by atoms with Gasteiger partial charge >= 0.3 is 0 Å². The van der Waals surface area contributed by atoms with Crippen molar-refractivity contribution in [2.45, 2.75) is 25.9 Å². The lowest BCUT2D eigenvalue weighted by Crippen LogP contribution is -2.41. The van der Waals surface area contributed by atoms with E-state index >= 15 is 0 Å². The van der Waals surface area contributed by atoms with Gasteiger partial charge in [0.25, 0.3) is 5.91 Å². The molecule has 0 spiro atoms. The average Bonchev–Trinajstić information content (AvgIpc) is 2.94. The van der Waals surface area contributed by atoms with Crippen molar-refractivity contribution in [2.75, 3.05) is 13.1 Å². The summed E-state index contributed by atoms with van der Waals surface area (Å²) < 4.78 is 5.80. The summed E-state index contributed by atoms with van der Waals surface area (Å²) in [5.74, 6) is 0.670. The molecule has 2 aromatic rings. The number of piperidine rings is 1. The highest BCUT2D eigenvalue weighted by molar-refractivity contribution is 7.11. The minimum Gasteiger partial charge on any atom is -0.474 e. The fourth-order valence-electron chi connectivity index (χ4n) is 2.35. The van der Waals surface area contributed by atoms with E-state index in [2.05, 4.69) is 15.0 Å². The van der Waals surface area contributed by atoms with Crippen molar-refractivity contribution >= 4 is 17.2 Å². The second kappa shape index (κ2) is 6.17. The zero-order valence-corrected chi connectivity index (χ0v) is 12.5. The van der Waals surface area contributed by atoms with E-state index in [0.29, 0.717) is 19.0 Å². The van der Waals surface area contributed by atoms with Crippen LogP contribution >= 0.6 is 11.3 Å². The number of likely N-dealkylation sites (tertiary alicyclic amines) is 1. The Balaban J connectivity index is 1.56. The number of carbonyl (C=O) groups is 1. The van der Waals surface area contributed by atoms with Crippen molar-refractivity contribution < 1.29 is 9.53 Å². The fourth-order valence-corrected chi connectivity index (χ4v) is 3.12. The third-order valence-corrected chi connectivity index (χ3v) is 4.43. The maximum atomic E-state index is 12.4. The highest BCUT2D eigenvalue weighted by Gasteiger charge is 2.26. The number of thiazole rings is 1. The summed E-state index contributed by atoms with van der Waals surface area (Å²) >= 11 is 1.40. The van der Waals surface area contributed by atoms with Crippen molar-refractivity contribution in [3.05, 3.63) is 34.7 Å². The number of amides is 1. The molecule has 3 rings (SSSR count). The van der Waals surface area contributed by atoms with Crippen LogP contribution in [0.15, 0.2) is 24.1 Å². The summed E-state index contributed by atoms with van der Waals surface area (Å²) in [6.45, 7) is 3.27. The van der Waals surface area contributed by atoms with Crippen molar-refractivity contribution in [3.63, 3.8) is 0 Å². The molecule has 7 heteroatoms. The van der Waals surface area contributed by atoms with Crippen LogP contribution in [-0.4, -0.2) is 45.0 Å². The van der Waals surface area contributed by atoms with Crippen molar-refractivity contribution in [3.8, 4) is 5.88 Å². The van der Waals surface area contributed by atoms with Crippen molar-refractivity contribution in [1.82, 2.24) is 19.9 Å². The highest BCUT2D eigenvalue weighted by Crippen LogP contribution is 2.21. The van der Waals surface area contributed by atoms with Gasteiger partial charge < -0.3 is 9.64 Å². The molecule has 0 bridgehead atoms. The zero-order valence-electron chi connectivity index (χ0n) is 11.7. The Hall–Kier alpha value is -2.02. The van der Waals surface area contributed by atoms with Crippen LogP contribution in [0.4, 0.5) is 0 Å². The Kier molecular flexibility index (Phi) is 4.10. The molecule has 0 unspecified atom stereocenters. The third kappa shape index (κ3) is 3.18. The van der Waals surface area contributed by atoms with Crippen molar-refractivity contribution in [1.29, 1.82) is 0 Å². The van der Waals surface area contributed by atoms with Gasteiger partial charge in [-0.3, -0.25) is 4.79 Å². The van der Waals surface area contributed by atoms with Crippen LogP contribution in [0.2, 0.25) is 0 Å². The maximum Gasteiger partial charge on any atom is 0.265 e. The molecule has 0 aromatic carbocycles. The molecular weight excluding hydrogens is 288 g/mol. The quantitative estimate of drug-likeness (QED) is 0.866. The number of carbonyl (C=O) groups excluding carboxylic acids is 1. The molecule has 3 heterocycles. The first-order valence-electron chi connectivity index (χ1n) is 6.86. The topological polar surface area (TPSA) is 68.2 Å². The van der Waals surface area contributed by atoms with Gasteiger partial charge in [-0.25, -0.2) is 15.0 Å². The normalized spacial score (nSPS) is 16.0. The average molecular weight is 304 g/mol. The first-order chi connectivity index (χ1) is 10.2.